The Morgan fingerprint density at radius 1 is 1.19 bits per heavy atom. The van der Waals surface area contributed by atoms with Gasteiger partial charge in [0.15, 0.2) is 6.61 Å². The van der Waals surface area contributed by atoms with Crippen LogP contribution in [0.1, 0.15) is 12.5 Å². The number of nitrogens with zero attached hydrogens (tertiary/aromatic N) is 1. The highest BCUT2D eigenvalue weighted by Gasteiger charge is 2.11. The van der Waals surface area contributed by atoms with Crippen molar-refractivity contribution in [3.63, 3.8) is 0 Å². The number of rotatable bonds is 7. The molecule has 0 saturated carbocycles. The number of nitrogens with one attached hydrogen (secondary N) is 1. The van der Waals surface area contributed by atoms with Gasteiger partial charge in [0.05, 0.1) is 22.3 Å². The normalized spacial score (nSPS) is 11.5. The predicted molar refractivity (Wildman–Crippen MR) is 111 cm³/mol. The molecule has 2 aromatic rings. The molecule has 0 fully saturated rings. The number of hydrogen-bond donors (Lipinski definition) is 1. The van der Waals surface area contributed by atoms with Crippen LogP contribution in [0.3, 0.4) is 0 Å². The van der Waals surface area contributed by atoms with Crippen LogP contribution in [0.5, 0.6) is 11.5 Å². The van der Waals surface area contributed by atoms with Gasteiger partial charge in [-0.2, -0.15) is 5.10 Å². The van der Waals surface area contributed by atoms with Crippen LogP contribution in [0, 0.1) is 0 Å². The summed E-state index contributed by atoms with van der Waals surface area (Å²) in [6.07, 6.45) is 3.56. The van der Waals surface area contributed by atoms with Crippen molar-refractivity contribution in [3.8, 4) is 11.5 Å². The lowest BCUT2D eigenvalue weighted by Gasteiger charge is -2.11. The highest BCUT2D eigenvalue weighted by atomic mass is 79.9. The average molecular weight is 482 g/mol. The third-order valence-corrected chi connectivity index (χ3v) is 4.38. The van der Waals surface area contributed by atoms with Crippen molar-refractivity contribution in [1.82, 2.24) is 5.43 Å². The molecule has 26 heavy (non-hydrogen) atoms. The van der Waals surface area contributed by atoms with Crippen molar-refractivity contribution < 1.29 is 14.3 Å². The van der Waals surface area contributed by atoms with Crippen LogP contribution in [0.4, 0.5) is 0 Å². The molecule has 0 bridgehead atoms. The fraction of sp³-hybridized carbons (Fsp3) is 0.158. The highest BCUT2D eigenvalue weighted by Crippen LogP contribution is 2.37. The number of amides is 1. The lowest BCUT2D eigenvalue weighted by atomic mass is 10.1. The molecule has 1 N–H and O–H groups in total. The number of carbonyl (C=O) groups excluding carboxylic acids is 1. The first-order chi connectivity index (χ1) is 12.5. The molecule has 0 heterocycles. The summed E-state index contributed by atoms with van der Waals surface area (Å²) in [7, 11) is 1.58. The van der Waals surface area contributed by atoms with Crippen molar-refractivity contribution in [2.45, 2.75) is 6.92 Å². The fourth-order valence-corrected chi connectivity index (χ4v) is 3.39. The van der Waals surface area contributed by atoms with E-state index < -0.39 is 0 Å². The first-order valence-corrected chi connectivity index (χ1v) is 9.29. The second kappa shape index (κ2) is 10.1. The number of benzene rings is 2. The minimum atomic E-state index is -0.358. The summed E-state index contributed by atoms with van der Waals surface area (Å²) in [5, 5.41) is 3.94. The van der Waals surface area contributed by atoms with Crippen LogP contribution in [-0.4, -0.2) is 25.8 Å². The maximum atomic E-state index is 11.9. The first kappa shape index (κ1) is 20.2. The molecule has 136 valence electrons. The highest BCUT2D eigenvalue weighted by molar-refractivity contribution is 9.11. The van der Waals surface area contributed by atoms with E-state index in [0.29, 0.717) is 20.4 Å². The van der Waals surface area contributed by atoms with Gasteiger partial charge in [-0.05, 0) is 62.1 Å². The summed E-state index contributed by atoms with van der Waals surface area (Å²) < 4.78 is 12.1. The van der Waals surface area contributed by atoms with Crippen molar-refractivity contribution in [1.29, 1.82) is 0 Å². The summed E-state index contributed by atoms with van der Waals surface area (Å²) in [5.74, 6) is 0.833. The predicted octanol–water partition coefficient (Wildman–Crippen LogP) is 4.80. The molecule has 0 aliphatic heterocycles. The van der Waals surface area contributed by atoms with Gasteiger partial charge in [-0.1, -0.05) is 36.4 Å². The quantitative estimate of drug-likeness (QED) is 0.456. The van der Waals surface area contributed by atoms with E-state index >= 15 is 0 Å². The number of allylic oxidation sites excluding steroid dienone is 1. The lowest BCUT2D eigenvalue weighted by molar-refractivity contribution is -0.123. The Bertz CT molecular complexity index is 798. The zero-order valence-electron chi connectivity index (χ0n) is 14.3. The minimum absolute atomic E-state index is 0.164. The summed E-state index contributed by atoms with van der Waals surface area (Å²) >= 11 is 6.78. The molecular formula is C19H18Br2N2O3. The standard InChI is InChI=1S/C19H18Br2N2O3/c1-13(8-14-6-4-3-5-7-14)11-22-23-18(24)12-26-19-16(20)9-15(25-2)10-17(19)21/h3-11H,12H2,1-2H3,(H,23,24)/b13-8+,22-11+. The number of hydrogen-bond acceptors (Lipinski definition) is 4. The number of carbonyl (C=O) groups is 1. The first-order valence-electron chi connectivity index (χ1n) is 7.70. The van der Waals surface area contributed by atoms with E-state index in [9.17, 15) is 4.79 Å². The van der Waals surface area contributed by atoms with Crippen LogP contribution < -0.4 is 14.9 Å². The van der Waals surface area contributed by atoms with E-state index in [0.717, 1.165) is 11.1 Å². The van der Waals surface area contributed by atoms with Gasteiger partial charge in [-0.25, -0.2) is 5.43 Å². The molecule has 2 aromatic carbocycles. The maximum absolute atomic E-state index is 11.9. The molecule has 0 unspecified atom stereocenters. The molecule has 0 radical (unpaired) electrons. The van der Waals surface area contributed by atoms with E-state index in [4.69, 9.17) is 9.47 Å². The molecule has 7 heteroatoms. The Morgan fingerprint density at radius 2 is 1.85 bits per heavy atom. The summed E-state index contributed by atoms with van der Waals surface area (Å²) in [5.41, 5.74) is 4.43. The molecule has 2 rings (SSSR count). The molecule has 0 aromatic heterocycles. The van der Waals surface area contributed by atoms with Gasteiger partial charge in [0.25, 0.3) is 5.91 Å². The Balaban J connectivity index is 1.87. The Kier molecular flexibility index (Phi) is 7.87. The molecule has 0 saturated heterocycles. The van der Waals surface area contributed by atoms with Gasteiger partial charge in [0.2, 0.25) is 0 Å². The van der Waals surface area contributed by atoms with E-state index in [1.54, 1.807) is 25.5 Å². The number of halogens is 2. The molecule has 0 spiro atoms. The third-order valence-electron chi connectivity index (χ3n) is 3.21. The monoisotopic (exact) mass is 480 g/mol. The topological polar surface area (TPSA) is 59.9 Å². The smallest absolute Gasteiger partial charge is 0.277 e. The van der Waals surface area contributed by atoms with Crippen molar-refractivity contribution in [3.05, 3.63) is 62.5 Å². The number of hydrazone groups is 1. The van der Waals surface area contributed by atoms with Crippen LogP contribution in [-0.2, 0) is 4.79 Å². The second-order valence-corrected chi connectivity index (χ2v) is 7.01. The van der Waals surface area contributed by atoms with Crippen molar-refractivity contribution in [2.24, 2.45) is 5.10 Å². The van der Waals surface area contributed by atoms with E-state index in [-0.39, 0.29) is 12.5 Å². The summed E-state index contributed by atoms with van der Waals surface area (Å²) in [6.45, 7) is 1.74. The molecule has 0 aliphatic rings. The SMILES string of the molecule is COc1cc(Br)c(OCC(=O)N/N=C/C(C)=C/c2ccccc2)c(Br)c1. The number of methoxy groups -OCH3 is 1. The summed E-state index contributed by atoms with van der Waals surface area (Å²) in [4.78, 5) is 11.9. The molecular weight excluding hydrogens is 464 g/mol. The average Bonchev–Trinajstić information content (AvgIpc) is 2.61. The van der Waals surface area contributed by atoms with E-state index in [1.807, 2.05) is 43.3 Å². The third kappa shape index (κ3) is 6.31. The van der Waals surface area contributed by atoms with Gasteiger partial charge in [0.1, 0.15) is 11.5 Å². The fourth-order valence-electron chi connectivity index (χ4n) is 2.02. The van der Waals surface area contributed by atoms with Gasteiger partial charge < -0.3 is 9.47 Å². The van der Waals surface area contributed by atoms with Crippen LogP contribution in [0.15, 0.2) is 62.1 Å². The van der Waals surface area contributed by atoms with Crippen molar-refractivity contribution >= 4 is 50.1 Å². The minimum Gasteiger partial charge on any atom is -0.497 e. The number of ether oxygens (including phenoxy) is 2. The largest absolute Gasteiger partial charge is 0.497 e. The van der Waals surface area contributed by atoms with Gasteiger partial charge in [-0.3, -0.25) is 4.79 Å². The zero-order valence-corrected chi connectivity index (χ0v) is 17.5. The van der Waals surface area contributed by atoms with Gasteiger partial charge in [0, 0.05) is 0 Å². The second-order valence-electron chi connectivity index (χ2n) is 5.30. The zero-order chi connectivity index (χ0) is 18.9. The van der Waals surface area contributed by atoms with Gasteiger partial charge in [-0.15, -0.1) is 0 Å². The van der Waals surface area contributed by atoms with Crippen molar-refractivity contribution in [2.75, 3.05) is 13.7 Å². The van der Waals surface area contributed by atoms with Crippen LogP contribution in [0.2, 0.25) is 0 Å². The molecule has 0 aliphatic carbocycles. The van der Waals surface area contributed by atoms with E-state index in [2.05, 4.69) is 42.4 Å². The Labute approximate surface area is 169 Å². The molecule has 0 atom stereocenters. The van der Waals surface area contributed by atoms with Gasteiger partial charge >= 0.3 is 0 Å². The molecule has 1 amide bonds. The summed E-state index contributed by atoms with van der Waals surface area (Å²) in [6, 6.07) is 13.4. The molecule has 5 nitrogen and oxygen atoms in total. The Hall–Kier alpha value is -2.12. The lowest BCUT2D eigenvalue weighted by Crippen LogP contribution is -2.24. The maximum Gasteiger partial charge on any atom is 0.277 e. The Morgan fingerprint density at radius 3 is 2.46 bits per heavy atom. The van der Waals surface area contributed by atoms with Crippen LogP contribution >= 0.6 is 31.9 Å². The van der Waals surface area contributed by atoms with Crippen LogP contribution in [0.25, 0.3) is 6.08 Å². The van der Waals surface area contributed by atoms with E-state index in [1.165, 1.54) is 0 Å².